The van der Waals surface area contributed by atoms with Crippen LogP contribution in [0.4, 0.5) is 5.69 Å². The van der Waals surface area contributed by atoms with E-state index in [0.717, 1.165) is 5.56 Å². The van der Waals surface area contributed by atoms with E-state index in [9.17, 15) is 4.79 Å². The molecule has 3 N–H and O–H groups in total. The second kappa shape index (κ2) is 9.15. The van der Waals surface area contributed by atoms with Crippen molar-refractivity contribution in [2.75, 3.05) is 19.5 Å². The van der Waals surface area contributed by atoms with Crippen LogP contribution in [0.15, 0.2) is 48.5 Å². The quantitative estimate of drug-likeness (QED) is 0.837. The van der Waals surface area contributed by atoms with E-state index in [0.29, 0.717) is 17.2 Å². The van der Waals surface area contributed by atoms with Crippen molar-refractivity contribution in [2.24, 2.45) is 11.7 Å². The second-order valence-electron chi connectivity index (χ2n) is 5.28. The Labute approximate surface area is 148 Å². The van der Waals surface area contributed by atoms with Crippen LogP contribution >= 0.6 is 12.4 Å². The van der Waals surface area contributed by atoms with Gasteiger partial charge in [0.25, 0.3) is 0 Å². The lowest BCUT2D eigenvalue weighted by Crippen LogP contribution is -2.30. The minimum Gasteiger partial charge on any atom is -0.497 e. The van der Waals surface area contributed by atoms with Crippen molar-refractivity contribution in [3.63, 3.8) is 0 Å². The van der Waals surface area contributed by atoms with Crippen molar-refractivity contribution in [3.05, 3.63) is 54.1 Å². The molecule has 0 fully saturated rings. The Morgan fingerprint density at radius 2 is 1.75 bits per heavy atom. The highest BCUT2D eigenvalue weighted by Crippen LogP contribution is 2.30. The highest BCUT2D eigenvalue weighted by molar-refractivity contribution is 5.94. The van der Waals surface area contributed by atoms with Crippen LogP contribution in [0.1, 0.15) is 18.5 Å². The SMILES string of the molecule is COc1ccc(NC(=O)C(C)C(N)c2ccccc2)c(OC)c1.Cl. The third-order valence-corrected chi connectivity index (χ3v) is 3.80. The molecule has 2 aromatic carbocycles. The maximum absolute atomic E-state index is 12.5. The van der Waals surface area contributed by atoms with E-state index in [1.807, 2.05) is 37.3 Å². The molecule has 130 valence electrons. The summed E-state index contributed by atoms with van der Waals surface area (Å²) in [5, 5.41) is 2.86. The zero-order chi connectivity index (χ0) is 16.8. The topological polar surface area (TPSA) is 73.6 Å². The first-order chi connectivity index (χ1) is 11.1. The predicted molar refractivity (Wildman–Crippen MR) is 98.0 cm³/mol. The predicted octanol–water partition coefficient (Wildman–Crippen LogP) is 3.40. The first-order valence-electron chi connectivity index (χ1n) is 7.40. The largest absolute Gasteiger partial charge is 0.497 e. The molecule has 1 amide bonds. The molecule has 2 atom stereocenters. The van der Waals surface area contributed by atoms with Gasteiger partial charge in [0.2, 0.25) is 5.91 Å². The van der Waals surface area contributed by atoms with Gasteiger partial charge in [0.15, 0.2) is 0 Å². The fraction of sp³-hybridized carbons (Fsp3) is 0.278. The van der Waals surface area contributed by atoms with Gasteiger partial charge < -0.3 is 20.5 Å². The lowest BCUT2D eigenvalue weighted by atomic mass is 9.94. The smallest absolute Gasteiger partial charge is 0.229 e. The molecular weight excluding hydrogens is 328 g/mol. The van der Waals surface area contributed by atoms with Crippen molar-refractivity contribution < 1.29 is 14.3 Å². The van der Waals surface area contributed by atoms with Crippen LogP contribution in [0.3, 0.4) is 0 Å². The minimum absolute atomic E-state index is 0. The van der Waals surface area contributed by atoms with Gasteiger partial charge >= 0.3 is 0 Å². The Hall–Kier alpha value is -2.24. The summed E-state index contributed by atoms with van der Waals surface area (Å²) in [5.41, 5.74) is 7.71. The number of ether oxygens (including phenoxy) is 2. The molecule has 0 aliphatic rings. The summed E-state index contributed by atoms with van der Waals surface area (Å²) >= 11 is 0. The Kier molecular flexibility index (Phi) is 7.55. The van der Waals surface area contributed by atoms with Gasteiger partial charge in [-0.15, -0.1) is 12.4 Å². The maximum Gasteiger partial charge on any atom is 0.229 e. The Bertz CT molecular complexity index is 665. The molecule has 2 rings (SSSR count). The number of rotatable bonds is 6. The lowest BCUT2D eigenvalue weighted by Gasteiger charge is -2.20. The van der Waals surface area contributed by atoms with Crippen molar-refractivity contribution in [3.8, 4) is 11.5 Å². The van der Waals surface area contributed by atoms with E-state index in [2.05, 4.69) is 5.32 Å². The number of anilines is 1. The monoisotopic (exact) mass is 350 g/mol. The number of carbonyl (C=O) groups is 1. The number of carbonyl (C=O) groups excluding carboxylic acids is 1. The first kappa shape index (κ1) is 19.8. The molecule has 0 radical (unpaired) electrons. The Morgan fingerprint density at radius 1 is 1.08 bits per heavy atom. The third kappa shape index (κ3) is 4.63. The van der Waals surface area contributed by atoms with E-state index in [-0.39, 0.29) is 30.3 Å². The summed E-state index contributed by atoms with van der Waals surface area (Å²) in [7, 11) is 3.12. The molecule has 2 aromatic rings. The molecule has 0 spiro atoms. The molecule has 0 aliphatic heterocycles. The number of nitrogens with two attached hydrogens (primary N) is 1. The molecule has 6 heteroatoms. The van der Waals surface area contributed by atoms with Crippen LogP contribution in [0.5, 0.6) is 11.5 Å². The highest BCUT2D eigenvalue weighted by atomic mass is 35.5. The highest BCUT2D eigenvalue weighted by Gasteiger charge is 2.23. The van der Waals surface area contributed by atoms with E-state index in [1.54, 1.807) is 32.4 Å². The van der Waals surface area contributed by atoms with E-state index in [1.165, 1.54) is 0 Å². The third-order valence-electron chi connectivity index (χ3n) is 3.80. The van der Waals surface area contributed by atoms with Gasteiger partial charge in [0, 0.05) is 12.1 Å². The molecule has 0 heterocycles. The number of hydrogen-bond donors (Lipinski definition) is 2. The summed E-state index contributed by atoms with van der Waals surface area (Å²) in [4.78, 5) is 12.5. The molecule has 0 bridgehead atoms. The molecule has 0 saturated heterocycles. The fourth-order valence-corrected chi connectivity index (χ4v) is 2.28. The number of benzene rings is 2. The zero-order valence-electron chi connectivity index (χ0n) is 14.0. The molecule has 2 unspecified atom stereocenters. The van der Waals surface area contributed by atoms with Crippen LogP contribution in [0, 0.1) is 5.92 Å². The molecule has 0 aromatic heterocycles. The van der Waals surface area contributed by atoms with E-state index in [4.69, 9.17) is 15.2 Å². The van der Waals surface area contributed by atoms with Gasteiger partial charge in [-0.25, -0.2) is 0 Å². The van der Waals surface area contributed by atoms with Crippen LogP contribution in [-0.4, -0.2) is 20.1 Å². The average molecular weight is 351 g/mol. The average Bonchev–Trinajstić information content (AvgIpc) is 2.61. The number of nitrogens with one attached hydrogen (secondary N) is 1. The second-order valence-corrected chi connectivity index (χ2v) is 5.28. The van der Waals surface area contributed by atoms with Crippen molar-refractivity contribution >= 4 is 24.0 Å². The first-order valence-corrected chi connectivity index (χ1v) is 7.40. The fourth-order valence-electron chi connectivity index (χ4n) is 2.28. The molecule has 24 heavy (non-hydrogen) atoms. The van der Waals surface area contributed by atoms with Gasteiger partial charge in [0.05, 0.1) is 25.8 Å². The normalized spacial score (nSPS) is 12.5. The standard InChI is InChI=1S/C18H22N2O3.ClH/c1-12(17(19)13-7-5-4-6-8-13)18(21)20-15-10-9-14(22-2)11-16(15)23-3;/h4-12,17H,19H2,1-3H3,(H,20,21);1H. The Balaban J connectivity index is 0.00000288. The van der Waals surface area contributed by atoms with Gasteiger partial charge in [-0.05, 0) is 17.7 Å². The summed E-state index contributed by atoms with van der Waals surface area (Å²) in [5.74, 6) is 0.654. The Morgan fingerprint density at radius 3 is 2.33 bits per heavy atom. The van der Waals surface area contributed by atoms with Gasteiger partial charge in [0.1, 0.15) is 11.5 Å². The molecule has 0 saturated carbocycles. The van der Waals surface area contributed by atoms with Crippen molar-refractivity contribution in [1.29, 1.82) is 0 Å². The summed E-state index contributed by atoms with van der Waals surface area (Å²) in [6.45, 7) is 1.81. The molecular formula is C18H23ClN2O3. The van der Waals surface area contributed by atoms with Crippen LogP contribution in [0.2, 0.25) is 0 Å². The molecule has 5 nitrogen and oxygen atoms in total. The van der Waals surface area contributed by atoms with E-state index >= 15 is 0 Å². The number of amides is 1. The number of hydrogen-bond acceptors (Lipinski definition) is 4. The summed E-state index contributed by atoms with van der Waals surface area (Å²) in [6, 6.07) is 14.4. The maximum atomic E-state index is 12.5. The van der Waals surface area contributed by atoms with Crippen LogP contribution in [-0.2, 0) is 4.79 Å². The number of halogens is 1. The van der Waals surface area contributed by atoms with Gasteiger partial charge in [-0.1, -0.05) is 37.3 Å². The van der Waals surface area contributed by atoms with Crippen LogP contribution in [0.25, 0.3) is 0 Å². The zero-order valence-corrected chi connectivity index (χ0v) is 14.8. The van der Waals surface area contributed by atoms with E-state index < -0.39 is 0 Å². The molecule has 0 aliphatic carbocycles. The lowest BCUT2D eigenvalue weighted by molar-refractivity contribution is -0.120. The number of methoxy groups -OCH3 is 2. The van der Waals surface area contributed by atoms with Crippen molar-refractivity contribution in [2.45, 2.75) is 13.0 Å². The van der Waals surface area contributed by atoms with Gasteiger partial charge in [-0.2, -0.15) is 0 Å². The van der Waals surface area contributed by atoms with Crippen molar-refractivity contribution in [1.82, 2.24) is 0 Å². The summed E-state index contributed by atoms with van der Waals surface area (Å²) in [6.07, 6.45) is 0. The minimum atomic E-state index is -0.385. The summed E-state index contributed by atoms with van der Waals surface area (Å²) < 4.78 is 10.4. The van der Waals surface area contributed by atoms with Crippen LogP contribution < -0.4 is 20.5 Å². The van der Waals surface area contributed by atoms with Gasteiger partial charge in [-0.3, -0.25) is 4.79 Å².